The molecule has 0 atom stereocenters. The fourth-order valence-corrected chi connectivity index (χ4v) is 2.19. The van der Waals surface area contributed by atoms with Crippen LogP contribution in [0.4, 0.5) is 0 Å². The summed E-state index contributed by atoms with van der Waals surface area (Å²) in [5, 5.41) is 0. The van der Waals surface area contributed by atoms with Crippen LogP contribution < -0.4 is 0 Å². The lowest BCUT2D eigenvalue weighted by Crippen LogP contribution is -1.92. The van der Waals surface area contributed by atoms with Gasteiger partial charge in [-0.05, 0) is 25.3 Å². The first-order valence-electron chi connectivity index (χ1n) is 7.34. The van der Waals surface area contributed by atoms with Gasteiger partial charge in [-0.3, -0.25) is 4.79 Å². The summed E-state index contributed by atoms with van der Waals surface area (Å²) in [4.78, 5) is 11.1. The third-order valence-corrected chi connectivity index (χ3v) is 3.43. The summed E-state index contributed by atoms with van der Waals surface area (Å²) in [5.41, 5.74) is 2.17. The van der Waals surface area contributed by atoms with E-state index in [0.717, 1.165) is 12.0 Å². The first kappa shape index (κ1) is 14.9. The third-order valence-electron chi connectivity index (χ3n) is 3.43. The Kier molecular flexibility index (Phi) is 7.40. The number of ketones is 1. The second-order valence-electron chi connectivity index (χ2n) is 5.12. The van der Waals surface area contributed by atoms with Crippen molar-refractivity contribution in [2.45, 2.75) is 65.2 Å². The van der Waals surface area contributed by atoms with E-state index in [1.165, 1.54) is 50.5 Å². The normalized spacial score (nSPS) is 10.6. The fourth-order valence-electron chi connectivity index (χ4n) is 2.19. The van der Waals surface area contributed by atoms with Crippen LogP contribution in [0, 0.1) is 0 Å². The zero-order valence-electron chi connectivity index (χ0n) is 11.9. The van der Waals surface area contributed by atoms with E-state index in [1.807, 2.05) is 12.1 Å². The van der Waals surface area contributed by atoms with Crippen molar-refractivity contribution in [3.05, 3.63) is 35.4 Å². The van der Waals surface area contributed by atoms with E-state index < -0.39 is 0 Å². The van der Waals surface area contributed by atoms with Gasteiger partial charge in [0.25, 0.3) is 0 Å². The van der Waals surface area contributed by atoms with Crippen molar-refractivity contribution in [2.24, 2.45) is 0 Å². The van der Waals surface area contributed by atoms with E-state index in [9.17, 15) is 4.79 Å². The minimum atomic E-state index is 0.150. The van der Waals surface area contributed by atoms with Gasteiger partial charge in [-0.25, -0.2) is 0 Å². The van der Waals surface area contributed by atoms with Crippen molar-refractivity contribution in [3.63, 3.8) is 0 Å². The number of unbranched alkanes of at least 4 members (excludes halogenated alkanes) is 6. The monoisotopic (exact) mass is 246 g/mol. The number of rotatable bonds is 9. The zero-order valence-corrected chi connectivity index (χ0v) is 11.9. The third kappa shape index (κ3) is 6.00. The van der Waals surface area contributed by atoms with Crippen molar-refractivity contribution < 1.29 is 4.79 Å². The van der Waals surface area contributed by atoms with E-state index in [4.69, 9.17) is 0 Å². The minimum absolute atomic E-state index is 0.150. The highest BCUT2D eigenvalue weighted by Crippen LogP contribution is 2.11. The zero-order chi connectivity index (χ0) is 13.2. The predicted molar refractivity (Wildman–Crippen MR) is 78.1 cm³/mol. The molecule has 0 radical (unpaired) electrons. The summed E-state index contributed by atoms with van der Waals surface area (Å²) < 4.78 is 0. The molecule has 1 rings (SSSR count). The van der Waals surface area contributed by atoms with Gasteiger partial charge in [0, 0.05) is 5.56 Å². The van der Waals surface area contributed by atoms with Gasteiger partial charge in [-0.2, -0.15) is 0 Å². The van der Waals surface area contributed by atoms with Crippen molar-refractivity contribution in [2.75, 3.05) is 0 Å². The molecule has 0 aromatic heterocycles. The molecule has 0 bridgehead atoms. The lowest BCUT2D eigenvalue weighted by atomic mass is 10.0. The van der Waals surface area contributed by atoms with Crippen LogP contribution in [0.2, 0.25) is 0 Å². The number of carbonyl (C=O) groups is 1. The number of hydrogen-bond donors (Lipinski definition) is 0. The average Bonchev–Trinajstić information content (AvgIpc) is 2.38. The van der Waals surface area contributed by atoms with Crippen LogP contribution >= 0.6 is 0 Å². The number of benzene rings is 1. The van der Waals surface area contributed by atoms with Crippen molar-refractivity contribution in [3.8, 4) is 0 Å². The molecule has 0 aliphatic rings. The molecule has 0 amide bonds. The molecule has 0 saturated heterocycles. The topological polar surface area (TPSA) is 17.1 Å². The molecular weight excluding hydrogens is 220 g/mol. The van der Waals surface area contributed by atoms with Crippen LogP contribution in [0.1, 0.15) is 74.7 Å². The number of aryl methyl sites for hydroxylation is 1. The van der Waals surface area contributed by atoms with Gasteiger partial charge in [0.05, 0.1) is 0 Å². The summed E-state index contributed by atoms with van der Waals surface area (Å²) in [6.45, 7) is 3.87. The first-order chi connectivity index (χ1) is 8.74. The van der Waals surface area contributed by atoms with Gasteiger partial charge >= 0.3 is 0 Å². The highest BCUT2D eigenvalue weighted by molar-refractivity contribution is 5.93. The fraction of sp³-hybridized carbons (Fsp3) is 0.588. The highest BCUT2D eigenvalue weighted by atomic mass is 16.1. The van der Waals surface area contributed by atoms with Gasteiger partial charge in [0.15, 0.2) is 5.78 Å². The molecular formula is C17H26O. The standard InChI is InChI=1S/C17H26O/c1-3-4-5-6-7-8-9-10-16-11-13-17(14-12-16)15(2)18/h11-14H,3-10H2,1-2H3. The summed E-state index contributed by atoms with van der Waals surface area (Å²) in [6.07, 6.45) is 10.6. The van der Waals surface area contributed by atoms with Gasteiger partial charge in [0.2, 0.25) is 0 Å². The summed E-state index contributed by atoms with van der Waals surface area (Å²) in [7, 11) is 0. The van der Waals surface area contributed by atoms with Crippen molar-refractivity contribution >= 4 is 5.78 Å². The predicted octanol–water partition coefficient (Wildman–Crippen LogP) is 5.18. The van der Waals surface area contributed by atoms with Gasteiger partial charge < -0.3 is 0 Å². The van der Waals surface area contributed by atoms with Crippen LogP contribution in [0.3, 0.4) is 0 Å². The van der Waals surface area contributed by atoms with Crippen LogP contribution in [0.25, 0.3) is 0 Å². The maximum absolute atomic E-state index is 11.1. The van der Waals surface area contributed by atoms with Gasteiger partial charge in [-0.1, -0.05) is 69.7 Å². The van der Waals surface area contributed by atoms with Crippen molar-refractivity contribution in [1.29, 1.82) is 0 Å². The number of carbonyl (C=O) groups excluding carboxylic acids is 1. The Morgan fingerprint density at radius 1 is 0.889 bits per heavy atom. The molecule has 0 aliphatic heterocycles. The molecule has 0 heterocycles. The smallest absolute Gasteiger partial charge is 0.159 e. The van der Waals surface area contributed by atoms with Crippen LogP contribution in [0.15, 0.2) is 24.3 Å². The summed E-state index contributed by atoms with van der Waals surface area (Å²) in [5.74, 6) is 0.150. The van der Waals surface area contributed by atoms with Crippen LogP contribution in [-0.2, 0) is 6.42 Å². The number of hydrogen-bond acceptors (Lipinski definition) is 1. The molecule has 1 aromatic rings. The molecule has 0 aliphatic carbocycles. The highest BCUT2D eigenvalue weighted by Gasteiger charge is 1.99. The maximum Gasteiger partial charge on any atom is 0.159 e. The van der Waals surface area contributed by atoms with Crippen LogP contribution in [-0.4, -0.2) is 5.78 Å². The molecule has 0 saturated carbocycles. The Labute approximate surface area is 112 Å². The Bertz CT molecular complexity index is 337. The molecule has 18 heavy (non-hydrogen) atoms. The SMILES string of the molecule is CCCCCCCCCc1ccc(C(C)=O)cc1. The maximum atomic E-state index is 11.1. The molecule has 100 valence electrons. The van der Waals surface area contributed by atoms with E-state index in [2.05, 4.69) is 19.1 Å². The molecule has 0 fully saturated rings. The van der Waals surface area contributed by atoms with E-state index in [0.29, 0.717) is 0 Å². The Morgan fingerprint density at radius 2 is 1.44 bits per heavy atom. The summed E-state index contributed by atoms with van der Waals surface area (Å²) in [6, 6.07) is 8.07. The first-order valence-corrected chi connectivity index (χ1v) is 7.34. The molecule has 0 spiro atoms. The Morgan fingerprint density at radius 3 is 2.00 bits per heavy atom. The van der Waals surface area contributed by atoms with E-state index >= 15 is 0 Å². The molecule has 0 unspecified atom stereocenters. The quantitative estimate of drug-likeness (QED) is 0.433. The lowest BCUT2D eigenvalue weighted by Gasteiger charge is -2.03. The molecule has 1 nitrogen and oxygen atoms in total. The number of Topliss-reactive ketones (excluding diaryl/α,β-unsaturated/α-hetero) is 1. The van der Waals surface area contributed by atoms with Crippen LogP contribution in [0.5, 0.6) is 0 Å². The molecule has 1 aromatic carbocycles. The largest absolute Gasteiger partial charge is 0.295 e. The molecule has 1 heteroatoms. The van der Waals surface area contributed by atoms with E-state index in [-0.39, 0.29) is 5.78 Å². The minimum Gasteiger partial charge on any atom is -0.295 e. The van der Waals surface area contributed by atoms with Crippen molar-refractivity contribution in [1.82, 2.24) is 0 Å². The Balaban J connectivity index is 2.14. The van der Waals surface area contributed by atoms with E-state index in [1.54, 1.807) is 6.92 Å². The van der Waals surface area contributed by atoms with Gasteiger partial charge in [0.1, 0.15) is 0 Å². The molecule has 0 N–H and O–H groups in total. The average molecular weight is 246 g/mol. The Hall–Kier alpha value is -1.11. The second-order valence-corrected chi connectivity index (χ2v) is 5.12. The second kappa shape index (κ2) is 8.91. The van der Waals surface area contributed by atoms with Gasteiger partial charge in [-0.15, -0.1) is 0 Å². The lowest BCUT2D eigenvalue weighted by molar-refractivity contribution is 0.101. The summed E-state index contributed by atoms with van der Waals surface area (Å²) >= 11 is 0.